The van der Waals surface area contributed by atoms with Crippen LogP contribution in [0.25, 0.3) is 0 Å². The van der Waals surface area contributed by atoms with Crippen LogP contribution in [0.1, 0.15) is 34.3 Å². The molecule has 2 N–H and O–H groups in total. The molecule has 6 heteroatoms. The van der Waals surface area contributed by atoms with Gasteiger partial charge in [-0.1, -0.05) is 48.0 Å². The molecule has 1 amide bonds. The number of anilines is 2. The first-order valence-electron chi connectivity index (χ1n) is 9.36. The Kier molecular flexibility index (Phi) is 6.84. The number of hydrogen-bond acceptors (Lipinski definition) is 4. The molecule has 0 aliphatic carbocycles. The predicted octanol–water partition coefficient (Wildman–Crippen LogP) is 5.25. The molecule has 0 saturated heterocycles. The smallest absolute Gasteiger partial charge is 0.243 e. The van der Waals surface area contributed by atoms with Crippen LogP contribution in [0, 0.1) is 11.3 Å². The van der Waals surface area contributed by atoms with E-state index in [0.29, 0.717) is 27.5 Å². The lowest BCUT2D eigenvalue weighted by molar-refractivity contribution is -0.114. The molecule has 0 spiro atoms. The molecule has 0 unspecified atom stereocenters. The van der Waals surface area contributed by atoms with Gasteiger partial charge in [-0.15, -0.1) is 0 Å². The van der Waals surface area contributed by atoms with Gasteiger partial charge in [0.05, 0.1) is 18.5 Å². The van der Waals surface area contributed by atoms with E-state index in [4.69, 9.17) is 11.6 Å². The van der Waals surface area contributed by atoms with Crippen LogP contribution in [-0.2, 0) is 4.79 Å². The fraction of sp³-hybridized carbons (Fsp3) is 0.125. The van der Waals surface area contributed by atoms with E-state index < -0.39 is 5.92 Å². The zero-order valence-corrected chi connectivity index (χ0v) is 17.1. The van der Waals surface area contributed by atoms with E-state index in [1.165, 1.54) is 6.92 Å². The number of Topliss-reactive ketones (excluding diaryl/α,β-unsaturated/α-hetero) is 1. The summed E-state index contributed by atoms with van der Waals surface area (Å²) in [5.74, 6) is -0.722. The molecule has 0 aliphatic heterocycles. The number of amides is 1. The highest BCUT2D eigenvalue weighted by Gasteiger charge is 2.16. The van der Waals surface area contributed by atoms with Gasteiger partial charge in [0.2, 0.25) is 5.91 Å². The van der Waals surface area contributed by atoms with Gasteiger partial charge in [0.25, 0.3) is 0 Å². The summed E-state index contributed by atoms with van der Waals surface area (Å²) in [6, 6.07) is 23.8. The Hall–Kier alpha value is -3.62. The number of carbonyl (C=O) groups is 2. The lowest BCUT2D eigenvalue weighted by atomic mass is 9.92. The Morgan fingerprint density at radius 2 is 1.67 bits per heavy atom. The van der Waals surface area contributed by atoms with E-state index >= 15 is 0 Å². The second kappa shape index (κ2) is 9.73. The van der Waals surface area contributed by atoms with Crippen LogP contribution in [0.5, 0.6) is 0 Å². The van der Waals surface area contributed by atoms with E-state index in [1.807, 2.05) is 30.3 Å². The molecule has 3 aromatic rings. The number of nitrogens with zero attached hydrogens (tertiary/aromatic N) is 1. The fourth-order valence-electron chi connectivity index (χ4n) is 3.02. The van der Waals surface area contributed by atoms with Gasteiger partial charge in [-0.3, -0.25) is 9.59 Å². The number of ketones is 1. The summed E-state index contributed by atoms with van der Waals surface area (Å²) in [7, 11) is 0. The summed E-state index contributed by atoms with van der Waals surface area (Å²) in [5.41, 5.74) is 3.46. The van der Waals surface area contributed by atoms with Crippen molar-refractivity contribution >= 4 is 34.7 Å². The largest absolute Gasteiger partial charge is 0.376 e. The van der Waals surface area contributed by atoms with Crippen molar-refractivity contribution in [2.75, 3.05) is 17.2 Å². The standard InChI is InChI=1S/C24H20ClN3O2/c1-16(29)17-7-9-19(10-8-17)28-24(30)15-27-20-11-12-21(23(25)13-20)22(14-26)18-5-3-2-4-6-18/h2-13,22,27H,15H2,1H3,(H,28,30)/t22-/m0/s1. The van der Waals surface area contributed by atoms with Gasteiger partial charge < -0.3 is 10.6 Å². The lowest BCUT2D eigenvalue weighted by Gasteiger charge is -2.14. The SMILES string of the molecule is CC(=O)c1ccc(NC(=O)CNc2ccc([C@@H](C#N)c3ccccc3)c(Cl)c2)cc1. The van der Waals surface area contributed by atoms with Crippen molar-refractivity contribution < 1.29 is 9.59 Å². The van der Waals surface area contributed by atoms with Crippen LogP contribution < -0.4 is 10.6 Å². The molecular weight excluding hydrogens is 398 g/mol. The van der Waals surface area contributed by atoms with Gasteiger partial charge in [-0.2, -0.15) is 5.26 Å². The fourth-order valence-corrected chi connectivity index (χ4v) is 3.31. The molecule has 0 fully saturated rings. The van der Waals surface area contributed by atoms with Gasteiger partial charge >= 0.3 is 0 Å². The summed E-state index contributed by atoms with van der Waals surface area (Å²) < 4.78 is 0. The highest BCUT2D eigenvalue weighted by Crippen LogP contribution is 2.31. The number of halogens is 1. The summed E-state index contributed by atoms with van der Waals surface area (Å²) in [4.78, 5) is 23.5. The Morgan fingerprint density at radius 3 is 2.27 bits per heavy atom. The minimum absolute atomic E-state index is 0.0271. The average molecular weight is 418 g/mol. The van der Waals surface area contributed by atoms with Crippen molar-refractivity contribution in [3.05, 3.63) is 94.5 Å². The second-order valence-electron chi connectivity index (χ2n) is 6.74. The average Bonchev–Trinajstić information content (AvgIpc) is 2.75. The topological polar surface area (TPSA) is 82.0 Å². The predicted molar refractivity (Wildman–Crippen MR) is 119 cm³/mol. The maximum Gasteiger partial charge on any atom is 0.243 e. The Bertz CT molecular complexity index is 1090. The molecule has 150 valence electrons. The maximum absolute atomic E-state index is 12.2. The molecule has 1 atom stereocenters. The van der Waals surface area contributed by atoms with Crippen molar-refractivity contribution in [1.82, 2.24) is 0 Å². The van der Waals surface area contributed by atoms with Gasteiger partial charge in [0, 0.05) is 22.0 Å². The van der Waals surface area contributed by atoms with Crippen LogP contribution in [0.3, 0.4) is 0 Å². The van der Waals surface area contributed by atoms with Crippen LogP contribution in [-0.4, -0.2) is 18.2 Å². The van der Waals surface area contributed by atoms with Crippen LogP contribution in [0.15, 0.2) is 72.8 Å². The maximum atomic E-state index is 12.2. The number of nitrogens with one attached hydrogen (secondary N) is 2. The Balaban J connectivity index is 1.62. The number of carbonyl (C=O) groups excluding carboxylic acids is 2. The normalized spacial score (nSPS) is 11.2. The minimum Gasteiger partial charge on any atom is -0.376 e. The first kappa shape index (κ1) is 21.1. The van der Waals surface area contributed by atoms with Gasteiger partial charge in [-0.05, 0) is 54.4 Å². The molecule has 3 aromatic carbocycles. The molecule has 0 bridgehead atoms. The molecule has 0 aliphatic rings. The molecule has 30 heavy (non-hydrogen) atoms. The van der Waals surface area contributed by atoms with Crippen molar-refractivity contribution in [1.29, 1.82) is 5.26 Å². The van der Waals surface area contributed by atoms with E-state index in [9.17, 15) is 14.9 Å². The first-order valence-corrected chi connectivity index (χ1v) is 9.74. The van der Waals surface area contributed by atoms with Crippen LogP contribution >= 0.6 is 11.6 Å². The Morgan fingerprint density at radius 1 is 1.00 bits per heavy atom. The van der Waals surface area contributed by atoms with Crippen molar-refractivity contribution in [3.8, 4) is 6.07 Å². The molecular formula is C24H20ClN3O2. The number of nitriles is 1. The highest BCUT2D eigenvalue weighted by molar-refractivity contribution is 6.31. The van der Waals surface area contributed by atoms with Crippen molar-refractivity contribution in [2.45, 2.75) is 12.8 Å². The highest BCUT2D eigenvalue weighted by atomic mass is 35.5. The van der Waals surface area contributed by atoms with E-state index in [-0.39, 0.29) is 18.2 Å². The summed E-state index contributed by atoms with van der Waals surface area (Å²) in [6.45, 7) is 1.54. The second-order valence-corrected chi connectivity index (χ2v) is 7.15. The van der Waals surface area contributed by atoms with E-state index in [2.05, 4.69) is 16.7 Å². The monoisotopic (exact) mass is 417 g/mol. The van der Waals surface area contributed by atoms with Crippen molar-refractivity contribution in [2.24, 2.45) is 0 Å². The minimum atomic E-state index is -0.464. The molecule has 0 saturated carbocycles. The van der Waals surface area contributed by atoms with Gasteiger partial charge in [0.1, 0.15) is 0 Å². The van der Waals surface area contributed by atoms with Crippen molar-refractivity contribution in [3.63, 3.8) is 0 Å². The molecule has 5 nitrogen and oxygen atoms in total. The molecule has 3 rings (SSSR count). The quantitative estimate of drug-likeness (QED) is 0.514. The lowest BCUT2D eigenvalue weighted by Crippen LogP contribution is -2.21. The third-order valence-electron chi connectivity index (χ3n) is 4.60. The molecule has 0 heterocycles. The molecule has 0 aromatic heterocycles. The number of hydrogen-bond donors (Lipinski definition) is 2. The van der Waals surface area contributed by atoms with Gasteiger partial charge in [0.15, 0.2) is 5.78 Å². The van der Waals surface area contributed by atoms with E-state index in [1.54, 1.807) is 42.5 Å². The Labute approximate surface area is 180 Å². The van der Waals surface area contributed by atoms with Crippen LogP contribution in [0.4, 0.5) is 11.4 Å². The summed E-state index contributed by atoms with van der Waals surface area (Å²) in [6.07, 6.45) is 0. The summed E-state index contributed by atoms with van der Waals surface area (Å²) >= 11 is 6.42. The third kappa shape index (κ3) is 5.25. The molecule has 0 radical (unpaired) electrons. The first-order chi connectivity index (χ1) is 14.5. The number of rotatable bonds is 7. The number of benzene rings is 3. The van der Waals surface area contributed by atoms with Crippen LogP contribution in [0.2, 0.25) is 5.02 Å². The summed E-state index contributed by atoms with van der Waals surface area (Å²) in [5, 5.41) is 15.8. The zero-order valence-electron chi connectivity index (χ0n) is 16.4. The third-order valence-corrected chi connectivity index (χ3v) is 4.93. The van der Waals surface area contributed by atoms with E-state index in [0.717, 1.165) is 5.56 Å². The van der Waals surface area contributed by atoms with Gasteiger partial charge in [-0.25, -0.2) is 0 Å². The zero-order chi connectivity index (χ0) is 21.5.